The summed E-state index contributed by atoms with van der Waals surface area (Å²) in [6.45, 7) is -0.0285. The molecule has 0 spiro atoms. The summed E-state index contributed by atoms with van der Waals surface area (Å²) in [6, 6.07) is 70.7. The average molecular weight is 726 g/mol. The van der Waals surface area contributed by atoms with Crippen molar-refractivity contribution in [2.24, 2.45) is 0 Å². The van der Waals surface area contributed by atoms with E-state index in [0.29, 0.717) is 0 Å². The number of benzene rings is 10. The standard InChI is InChI=1S/C52H32BN3O/c1-3-16-36(17-4-1)54-42-22-9-7-20-39(42)53-40-21-8-12-25-46(40)57-47-32-45-51(52(54)50(47)53)55(37-18-5-2-6-19-37)43-23-10-11-24-44(43)56(45)41-31-29-35-27-26-33-14-13-15-34-28-30-38(41)49(35)48(33)34/h1-32H. The van der Waals surface area contributed by atoms with Crippen LogP contribution >= 0.6 is 0 Å². The van der Waals surface area contributed by atoms with Crippen LogP contribution in [-0.4, -0.2) is 6.71 Å². The van der Waals surface area contributed by atoms with Crippen LogP contribution in [0.3, 0.4) is 0 Å². The molecule has 3 heterocycles. The Morgan fingerprint density at radius 3 is 1.65 bits per heavy atom. The number of hydrogen-bond donors (Lipinski definition) is 0. The van der Waals surface area contributed by atoms with Gasteiger partial charge in [0.15, 0.2) is 0 Å². The molecule has 0 saturated heterocycles. The molecule has 0 aliphatic carbocycles. The molecule has 10 aromatic carbocycles. The molecule has 5 heteroatoms. The molecule has 10 aromatic rings. The van der Waals surface area contributed by atoms with Gasteiger partial charge >= 0.3 is 0 Å². The molecule has 57 heavy (non-hydrogen) atoms. The normalized spacial score (nSPS) is 13.6. The Bertz CT molecular complexity index is 3240. The van der Waals surface area contributed by atoms with Crippen molar-refractivity contribution in [3.05, 3.63) is 194 Å². The first-order valence-electron chi connectivity index (χ1n) is 19.6. The van der Waals surface area contributed by atoms with Gasteiger partial charge in [-0.2, -0.15) is 0 Å². The minimum absolute atomic E-state index is 0.0285. The van der Waals surface area contributed by atoms with Crippen LogP contribution in [0.1, 0.15) is 0 Å². The van der Waals surface area contributed by atoms with Crippen LogP contribution in [0.4, 0.5) is 51.2 Å². The summed E-state index contributed by atoms with van der Waals surface area (Å²) in [7, 11) is 0. The zero-order valence-electron chi connectivity index (χ0n) is 30.8. The van der Waals surface area contributed by atoms with Gasteiger partial charge in [-0.25, -0.2) is 0 Å². The smallest absolute Gasteiger partial charge is 0.256 e. The lowest BCUT2D eigenvalue weighted by Crippen LogP contribution is -2.59. The van der Waals surface area contributed by atoms with Gasteiger partial charge in [-0.1, -0.05) is 133 Å². The highest BCUT2D eigenvalue weighted by molar-refractivity contribution is 6.99. The van der Waals surface area contributed by atoms with Crippen molar-refractivity contribution in [1.29, 1.82) is 0 Å². The average Bonchev–Trinajstić information content (AvgIpc) is 3.28. The molecular weight excluding hydrogens is 693 g/mol. The van der Waals surface area contributed by atoms with Gasteiger partial charge in [0.05, 0.1) is 34.1 Å². The molecule has 0 saturated carbocycles. The van der Waals surface area contributed by atoms with E-state index < -0.39 is 0 Å². The predicted molar refractivity (Wildman–Crippen MR) is 239 cm³/mol. The van der Waals surface area contributed by atoms with E-state index >= 15 is 0 Å². The lowest BCUT2D eigenvalue weighted by Gasteiger charge is -2.47. The maximum Gasteiger partial charge on any atom is 0.256 e. The molecule has 0 fully saturated rings. The van der Waals surface area contributed by atoms with Gasteiger partial charge in [0.1, 0.15) is 11.5 Å². The Kier molecular flexibility index (Phi) is 6.22. The summed E-state index contributed by atoms with van der Waals surface area (Å²) >= 11 is 0. The molecule has 0 N–H and O–H groups in total. The Morgan fingerprint density at radius 2 is 0.912 bits per heavy atom. The first-order valence-corrected chi connectivity index (χ1v) is 19.6. The van der Waals surface area contributed by atoms with E-state index in [0.717, 1.165) is 57.0 Å². The maximum absolute atomic E-state index is 7.11. The summed E-state index contributed by atoms with van der Waals surface area (Å²) in [4.78, 5) is 7.45. The second-order valence-corrected chi connectivity index (χ2v) is 15.2. The van der Waals surface area contributed by atoms with E-state index in [1.54, 1.807) is 0 Å². The van der Waals surface area contributed by atoms with Crippen LogP contribution in [0.2, 0.25) is 0 Å². The second-order valence-electron chi connectivity index (χ2n) is 15.2. The monoisotopic (exact) mass is 725 g/mol. The Labute approximate surface area is 330 Å². The number of hydrogen-bond acceptors (Lipinski definition) is 4. The Balaban J connectivity index is 1.21. The molecule has 0 atom stereocenters. The van der Waals surface area contributed by atoms with Crippen LogP contribution in [0.25, 0.3) is 32.3 Å². The molecular formula is C52H32BN3O. The molecule has 0 amide bonds. The molecule has 0 radical (unpaired) electrons. The summed E-state index contributed by atoms with van der Waals surface area (Å²) in [6.07, 6.45) is 0. The molecule has 13 rings (SSSR count). The van der Waals surface area contributed by atoms with Crippen molar-refractivity contribution in [3.63, 3.8) is 0 Å². The van der Waals surface area contributed by atoms with E-state index in [4.69, 9.17) is 4.74 Å². The fraction of sp³-hybridized carbons (Fsp3) is 0. The van der Waals surface area contributed by atoms with Crippen LogP contribution in [0.15, 0.2) is 194 Å². The molecule has 3 aliphatic heterocycles. The molecule has 0 bridgehead atoms. The topological polar surface area (TPSA) is 19.0 Å². The summed E-state index contributed by atoms with van der Waals surface area (Å²) in [5.41, 5.74) is 13.6. The van der Waals surface area contributed by atoms with Crippen LogP contribution in [-0.2, 0) is 0 Å². The van der Waals surface area contributed by atoms with Gasteiger partial charge in [-0.05, 0) is 97.9 Å². The Morgan fingerprint density at radius 1 is 0.351 bits per heavy atom. The van der Waals surface area contributed by atoms with Crippen molar-refractivity contribution in [2.75, 3.05) is 14.7 Å². The van der Waals surface area contributed by atoms with Crippen molar-refractivity contribution < 1.29 is 4.74 Å². The summed E-state index contributed by atoms with van der Waals surface area (Å²) in [5, 5.41) is 7.56. The first-order chi connectivity index (χ1) is 28.3. The van der Waals surface area contributed by atoms with Crippen molar-refractivity contribution in [3.8, 4) is 11.5 Å². The molecule has 0 aromatic heterocycles. The number of nitrogens with zero attached hydrogens (tertiary/aromatic N) is 3. The highest BCUT2D eigenvalue weighted by Crippen LogP contribution is 2.61. The lowest BCUT2D eigenvalue weighted by molar-refractivity contribution is 0.487. The molecule has 0 unspecified atom stereocenters. The highest BCUT2D eigenvalue weighted by Gasteiger charge is 2.46. The van der Waals surface area contributed by atoms with Gasteiger partial charge in [-0.3, -0.25) is 0 Å². The molecule has 4 nitrogen and oxygen atoms in total. The van der Waals surface area contributed by atoms with Crippen molar-refractivity contribution >= 4 is 107 Å². The van der Waals surface area contributed by atoms with E-state index in [-0.39, 0.29) is 6.71 Å². The third-order valence-electron chi connectivity index (χ3n) is 12.3. The summed E-state index contributed by atoms with van der Waals surface area (Å²) in [5.74, 6) is 1.77. The largest absolute Gasteiger partial charge is 0.458 e. The maximum atomic E-state index is 7.11. The third-order valence-corrected chi connectivity index (χ3v) is 12.3. The van der Waals surface area contributed by atoms with E-state index in [9.17, 15) is 0 Å². The third kappa shape index (κ3) is 4.18. The highest BCUT2D eigenvalue weighted by atomic mass is 16.5. The predicted octanol–water partition coefficient (Wildman–Crippen LogP) is 12.2. The number of anilines is 9. The first kappa shape index (κ1) is 30.8. The van der Waals surface area contributed by atoms with Crippen molar-refractivity contribution in [2.45, 2.75) is 0 Å². The zero-order valence-corrected chi connectivity index (χ0v) is 30.8. The van der Waals surface area contributed by atoms with Crippen LogP contribution < -0.4 is 35.8 Å². The van der Waals surface area contributed by atoms with Crippen LogP contribution in [0, 0.1) is 0 Å². The van der Waals surface area contributed by atoms with E-state index in [1.807, 2.05) is 0 Å². The van der Waals surface area contributed by atoms with E-state index in [2.05, 4.69) is 209 Å². The Hall–Kier alpha value is -7.50. The summed E-state index contributed by atoms with van der Waals surface area (Å²) < 4.78 is 7.11. The number of rotatable bonds is 3. The second kappa shape index (κ2) is 11.5. The van der Waals surface area contributed by atoms with Gasteiger partial charge < -0.3 is 19.4 Å². The van der Waals surface area contributed by atoms with Crippen LogP contribution in [0.5, 0.6) is 11.5 Å². The minimum Gasteiger partial charge on any atom is -0.458 e. The van der Waals surface area contributed by atoms with Gasteiger partial charge in [0, 0.05) is 28.5 Å². The molecule has 3 aliphatic rings. The fourth-order valence-corrected chi connectivity index (χ4v) is 10.0. The van der Waals surface area contributed by atoms with Gasteiger partial charge in [-0.15, -0.1) is 0 Å². The number of fused-ring (bicyclic) bond motifs is 7. The number of para-hydroxylation sites is 6. The lowest BCUT2D eigenvalue weighted by atomic mass is 9.34. The van der Waals surface area contributed by atoms with E-state index in [1.165, 1.54) is 54.4 Å². The van der Waals surface area contributed by atoms with Gasteiger partial charge in [0.2, 0.25) is 0 Å². The zero-order chi connectivity index (χ0) is 37.2. The van der Waals surface area contributed by atoms with Gasteiger partial charge in [0.25, 0.3) is 6.71 Å². The van der Waals surface area contributed by atoms with Crippen molar-refractivity contribution in [1.82, 2.24) is 0 Å². The minimum atomic E-state index is -0.0285. The quantitative estimate of drug-likeness (QED) is 0.133. The number of ether oxygens (including phenoxy) is 1. The molecule has 264 valence electrons. The SMILES string of the molecule is c1ccc(N2c3ccccc3N(c3ccc4ccc5cccc6ccc3c4c56)c3cc4c5c(c32)N(c2ccccc2)c2ccccc2B5c2ccccc2O4)cc1. The fourth-order valence-electron chi connectivity index (χ4n) is 10.0.